The van der Waals surface area contributed by atoms with Gasteiger partial charge in [-0.25, -0.2) is 4.39 Å². The quantitative estimate of drug-likeness (QED) is 0.831. The van der Waals surface area contributed by atoms with Crippen LogP contribution in [-0.4, -0.2) is 30.4 Å². The van der Waals surface area contributed by atoms with Gasteiger partial charge >= 0.3 is 0 Å². The van der Waals surface area contributed by atoms with Crippen LogP contribution in [0, 0.1) is 11.7 Å². The third kappa shape index (κ3) is 2.82. The Kier molecular flexibility index (Phi) is 4.31. The van der Waals surface area contributed by atoms with Crippen molar-refractivity contribution in [2.24, 2.45) is 5.92 Å². The maximum atomic E-state index is 13.4. The molecule has 0 bridgehead atoms. The van der Waals surface area contributed by atoms with Crippen molar-refractivity contribution in [3.8, 4) is 0 Å². The zero-order valence-corrected chi connectivity index (χ0v) is 15.4. The first-order chi connectivity index (χ1) is 12.5. The Labute approximate surface area is 154 Å². The molecule has 136 valence electrons. The van der Waals surface area contributed by atoms with Gasteiger partial charge in [0.1, 0.15) is 5.82 Å². The Balaban J connectivity index is 1.60. The highest BCUT2D eigenvalue weighted by molar-refractivity contribution is 6.08. The molecule has 0 aromatic heterocycles. The molecule has 0 radical (unpaired) electrons. The standard InChI is InChI=1S/C22H25FN2O/c1-16(2)13-25-20-6-4-3-5-19(20)22(21(25)26)11-12-24(15-22)14-17-7-9-18(23)10-8-17/h3-10,16H,11-15H2,1-2H3. The largest absolute Gasteiger partial charge is 0.311 e. The lowest BCUT2D eigenvalue weighted by Crippen LogP contribution is -2.43. The number of hydrogen-bond acceptors (Lipinski definition) is 2. The van der Waals surface area contributed by atoms with E-state index in [1.807, 2.05) is 29.2 Å². The molecule has 1 spiro atoms. The van der Waals surface area contributed by atoms with E-state index in [-0.39, 0.29) is 11.7 Å². The molecule has 2 aliphatic heterocycles. The number of amides is 1. The van der Waals surface area contributed by atoms with Gasteiger partial charge in [-0.2, -0.15) is 0 Å². The van der Waals surface area contributed by atoms with E-state index in [1.54, 1.807) is 0 Å². The zero-order valence-electron chi connectivity index (χ0n) is 15.4. The lowest BCUT2D eigenvalue weighted by Gasteiger charge is -2.25. The minimum absolute atomic E-state index is 0.212. The fourth-order valence-electron chi connectivity index (χ4n) is 4.41. The number of nitrogens with zero attached hydrogens (tertiary/aromatic N) is 2. The van der Waals surface area contributed by atoms with E-state index in [0.29, 0.717) is 5.92 Å². The van der Waals surface area contributed by atoms with Crippen molar-refractivity contribution in [1.82, 2.24) is 4.90 Å². The van der Waals surface area contributed by atoms with E-state index in [9.17, 15) is 9.18 Å². The molecule has 0 aliphatic carbocycles. The number of carbonyl (C=O) groups excluding carboxylic acids is 1. The van der Waals surface area contributed by atoms with Gasteiger partial charge in [-0.3, -0.25) is 9.69 Å². The molecular formula is C22H25FN2O. The first-order valence-corrected chi connectivity index (χ1v) is 9.38. The highest BCUT2D eigenvalue weighted by atomic mass is 19.1. The summed E-state index contributed by atoms with van der Waals surface area (Å²) in [5.41, 5.74) is 2.91. The number of fused-ring (bicyclic) bond motifs is 2. The fourth-order valence-corrected chi connectivity index (χ4v) is 4.41. The normalized spacial score (nSPS) is 22.6. The van der Waals surface area contributed by atoms with Crippen LogP contribution in [0.15, 0.2) is 48.5 Å². The van der Waals surface area contributed by atoms with Crippen molar-refractivity contribution in [3.63, 3.8) is 0 Å². The van der Waals surface area contributed by atoms with Gasteiger partial charge < -0.3 is 4.90 Å². The van der Waals surface area contributed by atoms with Gasteiger partial charge in [0.15, 0.2) is 0 Å². The van der Waals surface area contributed by atoms with Crippen LogP contribution in [-0.2, 0) is 16.8 Å². The smallest absolute Gasteiger partial charge is 0.239 e. The molecule has 0 saturated carbocycles. The van der Waals surface area contributed by atoms with Crippen LogP contribution in [0.1, 0.15) is 31.4 Å². The Morgan fingerprint density at radius 2 is 1.85 bits per heavy atom. The highest BCUT2D eigenvalue weighted by Gasteiger charge is 2.54. The lowest BCUT2D eigenvalue weighted by molar-refractivity contribution is -0.122. The molecule has 2 aliphatic rings. The number of halogens is 1. The summed E-state index contributed by atoms with van der Waals surface area (Å²) < 4.78 is 13.1. The van der Waals surface area contributed by atoms with Crippen LogP contribution in [0.25, 0.3) is 0 Å². The predicted octanol–water partition coefficient (Wildman–Crippen LogP) is 3.97. The average molecular weight is 352 g/mol. The monoisotopic (exact) mass is 352 g/mol. The van der Waals surface area contributed by atoms with Crippen LogP contribution >= 0.6 is 0 Å². The summed E-state index contributed by atoms with van der Waals surface area (Å²) in [6, 6.07) is 14.9. The molecule has 4 heteroatoms. The van der Waals surface area contributed by atoms with Crippen molar-refractivity contribution in [1.29, 1.82) is 0 Å². The molecule has 1 saturated heterocycles. The molecule has 2 heterocycles. The number of hydrogen-bond donors (Lipinski definition) is 0. The first kappa shape index (κ1) is 17.2. The second-order valence-electron chi connectivity index (χ2n) is 8.00. The summed E-state index contributed by atoms with van der Waals surface area (Å²) in [7, 11) is 0. The average Bonchev–Trinajstić information content (AvgIpc) is 3.14. The molecule has 1 atom stereocenters. The summed E-state index contributed by atoms with van der Waals surface area (Å²) in [5.74, 6) is 0.462. The number of carbonyl (C=O) groups is 1. The van der Waals surface area contributed by atoms with E-state index in [2.05, 4.69) is 30.9 Å². The lowest BCUT2D eigenvalue weighted by atomic mass is 9.81. The molecule has 2 aromatic carbocycles. The number of benzene rings is 2. The van der Waals surface area contributed by atoms with E-state index in [0.717, 1.165) is 43.9 Å². The molecule has 0 N–H and O–H groups in total. The highest BCUT2D eigenvalue weighted by Crippen LogP contribution is 2.47. The minimum Gasteiger partial charge on any atom is -0.311 e. The number of rotatable bonds is 4. The van der Waals surface area contributed by atoms with E-state index in [1.165, 1.54) is 17.7 Å². The van der Waals surface area contributed by atoms with Crippen molar-refractivity contribution < 1.29 is 9.18 Å². The first-order valence-electron chi connectivity index (χ1n) is 9.38. The number of likely N-dealkylation sites (tertiary alicyclic amines) is 1. The summed E-state index contributed by atoms with van der Waals surface area (Å²) in [5, 5.41) is 0. The molecule has 1 unspecified atom stereocenters. The van der Waals surface area contributed by atoms with Gasteiger partial charge in [-0.1, -0.05) is 44.2 Å². The minimum atomic E-state index is -0.425. The Morgan fingerprint density at radius 3 is 2.58 bits per heavy atom. The summed E-state index contributed by atoms with van der Waals surface area (Å²) in [6.45, 7) is 7.42. The molecule has 1 fully saturated rings. The van der Waals surface area contributed by atoms with E-state index < -0.39 is 5.41 Å². The molecule has 26 heavy (non-hydrogen) atoms. The Bertz CT molecular complexity index is 817. The summed E-state index contributed by atoms with van der Waals surface area (Å²) >= 11 is 0. The van der Waals surface area contributed by atoms with Crippen molar-refractivity contribution in [3.05, 3.63) is 65.5 Å². The predicted molar refractivity (Wildman–Crippen MR) is 102 cm³/mol. The van der Waals surface area contributed by atoms with Gasteiger partial charge in [-0.05, 0) is 48.2 Å². The third-order valence-corrected chi connectivity index (χ3v) is 5.58. The third-order valence-electron chi connectivity index (χ3n) is 5.58. The fraction of sp³-hybridized carbons (Fsp3) is 0.409. The second kappa shape index (κ2) is 6.51. The van der Waals surface area contributed by atoms with Crippen molar-refractivity contribution >= 4 is 11.6 Å². The number of anilines is 1. The molecular weight excluding hydrogens is 327 g/mol. The van der Waals surface area contributed by atoms with E-state index >= 15 is 0 Å². The van der Waals surface area contributed by atoms with Gasteiger partial charge in [0.25, 0.3) is 0 Å². The Morgan fingerprint density at radius 1 is 1.12 bits per heavy atom. The molecule has 4 rings (SSSR count). The number of para-hydroxylation sites is 1. The van der Waals surface area contributed by atoms with Gasteiger partial charge in [-0.15, -0.1) is 0 Å². The van der Waals surface area contributed by atoms with Gasteiger partial charge in [0.2, 0.25) is 5.91 Å². The van der Waals surface area contributed by atoms with Crippen LogP contribution in [0.2, 0.25) is 0 Å². The zero-order chi connectivity index (χ0) is 18.3. The van der Waals surface area contributed by atoms with Gasteiger partial charge in [0, 0.05) is 25.3 Å². The maximum absolute atomic E-state index is 13.4. The van der Waals surface area contributed by atoms with E-state index in [4.69, 9.17) is 0 Å². The second-order valence-corrected chi connectivity index (χ2v) is 8.00. The van der Waals surface area contributed by atoms with Crippen LogP contribution in [0.3, 0.4) is 0 Å². The maximum Gasteiger partial charge on any atom is 0.239 e. The Hall–Kier alpha value is -2.20. The van der Waals surface area contributed by atoms with Gasteiger partial charge in [0.05, 0.1) is 5.41 Å². The molecule has 2 aromatic rings. The SMILES string of the molecule is CC(C)CN1C(=O)C2(CCN(Cc3ccc(F)cc3)C2)c2ccccc21. The van der Waals surface area contributed by atoms with Crippen LogP contribution < -0.4 is 4.90 Å². The molecule has 1 amide bonds. The van der Waals surface area contributed by atoms with Crippen LogP contribution in [0.4, 0.5) is 10.1 Å². The van der Waals surface area contributed by atoms with Crippen LogP contribution in [0.5, 0.6) is 0 Å². The topological polar surface area (TPSA) is 23.6 Å². The molecule has 3 nitrogen and oxygen atoms in total. The van der Waals surface area contributed by atoms with Crippen molar-refractivity contribution in [2.75, 3.05) is 24.5 Å². The van der Waals surface area contributed by atoms with Crippen molar-refractivity contribution in [2.45, 2.75) is 32.2 Å². The summed E-state index contributed by atoms with van der Waals surface area (Å²) in [4.78, 5) is 17.7. The summed E-state index contributed by atoms with van der Waals surface area (Å²) in [6.07, 6.45) is 0.846.